The minimum absolute atomic E-state index is 0.0354. The van der Waals surface area contributed by atoms with E-state index in [2.05, 4.69) is 22.9 Å². The molecule has 0 atom stereocenters. The molecule has 0 saturated heterocycles. The Morgan fingerprint density at radius 3 is 2.62 bits per heavy atom. The minimum Gasteiger partial charge on any atom is -0.497 e. The van der Waals surface area contributed by atoms with Crippen LogP contribution < -0.4 is 14.8 Å². The van der Waals surface area contributed by atoms with Crippen LogP contribution in [-0.2, 0) is 24.2 Å². The number of aryl methyl sites for hydroxylation is 2. The summed E-state index contributed by atoms with van der Waals surface area (Å²) in [5, 5.41) is 3.03. The van der Waals surface area contributed by atoms with Gasteiger partial charge in [0, 0.05) is 19.4 Å². The second-order valence-corrected chi connectivity index (χ2v) is 8.28. The second kappa shape index (κ2) is 11.4. The molecule has 0 fully saturated rings. The molecule has 0 aliphatic heterocycles. The average molecular weight is 458 g/mol. The number of imidazole rings is 1. The Balaban J connectivity index is 1.32. The summed E-state index contributed by atoms with van der Waals surface area (Å²) >= 11 is 0. The van der Waals surface area contributed by atoms with Gasteiger partial charge >= 0.3 is 0 Å². The van der Waals surface area contributed by atoms with Gasteiger partial charge < -0.3 is 19.4 Å². The Kier molecular flexibility index (Phi) is 7.81. The lowest BCUT2D eigenvalue weighted by Gasteiger charge is -2.12. The number of hydrogen-bond donors (Lipinski definition) is 1. The molecule has 1 amide bonds. The monoisotopic (exact) mass is 457 g/mol. The van der Waals surface area contributed by atoms with E-state index >= 15 is 0 Å². The summed E-state index contributed by atoms with van der Waals surface area (Å²) in [5.74, 6) is 2.65. The first-order valence-electron chi connectivity index (χ1n) is 11.7. The van der Waals surface area contributed by atoms with Crippen LogP contribution in [-0.4, -0.2) is 35.7 Å². The van der Waals surface area contributed by atoms with Crippen LogP contribution >= 0.6 is 0 Å². The summed E-state index contributed by atoms with van der Waals surface area (Å²) in [7, 11) is 1.65. The van der Waals surface area contributed by atoms with Gasteiger partial charge in [0.15, 0.2) is 0 Å². The zero-order valence-corrected chi connectivity index (χ0v) is 19.8. The van der Waals surface area contributed by atoms with E-state index in [9.17, 15) is 4.79 Å². The van der Waals surface area contributed by atoms with Crippen LogP contribution in [0.4, 0.5) is 0 Å². The molecular weight excluding hydrogens is 426 g/mol. The Labute approximate surface area is 200 Å². The Hall–Kier alpha value is -3.80. The highest BCUT2D eigenvalue weighted by Gasteiger charge is 2.11. The maximum absolute atomic E-state index is 12.4. The average Bonchev–Trinajstić information content (AvgIpc) is 3.21. The predicted octanol–water partition coefficient (Wildman–Crippen LogP) is 4.72. The molecule has 0 spiro atoms. The number of rotatable bonds is 11. The van der Waals surface area contributed by atoms with Crippen molar-refractivity contribution in [3.63, 3.8) is 0 Å². The molecule has 6 nitrogen and oxygen atoms in total. The number of methoxy groups -OCH3 is 1. The Morgan fingerprint density at radius 2 is 1.79 bits per heavy atom. The summed E-state index contributed by atoms with van der Waals surface area (Å²) in [4.78, 5) is 17.2. The number of benzene rings is 3. The van der Waals surface area contributed by atoms with Gasteiger partial charge in [-0.1, -0.05) is 42.0 Å². The van der Waals surface area contributed by atoms with Crippen molar-refractivity contribution in [3.05, 3.63) is 89.7 Å². The molecule has 1 N–H and O–H groups in total. The molecule has 0 aliphatic rings. The van der Waals surface area contributed by atoms with Gasteiger partial charge in [-0.3, -0.25) is 4.79 Å². The van der Waals surface area contributed by atoms with Gasteiger partial charge in [-0.2, -0.15) is 0 Å². The summed E-state index contributed by atoms with van der Waals surface area (Å²) in [6, 6.07) is 24.0. The van der Waals surface area contributed by atoms with Crippen molar-refractivity contribution in [3.8, 4) is 11.5 Å². The number of fused-ring (bicyclic) bond motifs is 1. The number of para-hydroxylation sites is 2. The van der Waals surface area contributed by atoms with Gasteiger partial charge in [0.2, 0.25) is 5.91 Å². The quantitative estimate of drug-likeness (QED) is 0.354. The van der Waals surface area contributed by atoms with Crippen molar-refractivity contribution in [1.82, 2.24) is 14.9 Å². The topological polar surface area (TPSA) is 65.4 Å². The van der Waals surface area contributed by atoms with Crippen LogP contribution in [0.15, 0.2) is 72.8 Å². The molecule has 6 heteroatoms. The fourth-order valence-corrected chi connectivity index (χ4v) is 3.94. The first-order chi connectivity index (χ1) is 16.6. The molecule has 3 aromatic carbocycles. The zero-order valence-electron chi connectivity index (χ0n) is 19.8. The van der Waals surface area contributed by atoms with Crippen LogP contribution in [0.2, 0.25) is 0 Å². The number of aromatic nitrogens is 2. The molecule has 0 aliphatic carbocycles. The van der Waals surface area contributed by atoms with E-state index in [1.54, 1.807) is 7.11 Å². The van der Waals surface area contributed by atoms with Crippen molar-refractivity contribution in [2.45, 2.75) is 32.7 Å². The molecule has 4 aromatic rings. The van der Waals surface area contributed by atoms with Crippen molar-refractivity contribution in [2.24, 2.45) is 0 Å². The second-order valence-electron chi connectivity index (χ2n) is 8.28. The fourth-order valence-electron chi connectivity index (χ4n) is 3.94. The fraction of sp³-hybridized carbons (Fsp3) is 0.286. The summed E-state index contributed by atoms with van der Waals surface area (Å²) < 4.78 is 13.4. The van der Waals surface area contributed by atoms with Crippen LogP contribution in [0.1, 0.15) is 23.4 Å². The van der Waals surface area contributed by atoms with Crippen LogP contribution in [0.25, 0.3) is 11.0 Å². The SMILES string of the molecule is COc1cccc(CCC(=O)NCCc2nc3ccccc3n2CCOc2ccc(C)cc2)c1. The molecule has 0 unspecified atom stereocenters. The van der Waals surface area contributed by atoms with Gasteiger partial charge in [0.05, 0.1) is 24.7 Å². The van der Waals surface area contributed by atoms with Gasteiger partial charge in [0.25, 0.3) is 0 Å². The van der Waals surface area contributed by atoms with E-state index in [4.69, 9.17) is 14.5 Å². The third-order valence-electron chi connectivity index (χ3n) is 5.78. The molecule has 0 radical (unpaired) electrons. The third kappa shape index (κ3) is 6.16. The van der Waals surface area contributed by atoms with Crippen molar-refractivity contribution in [2.75, 3.05) is 20.3 Å². The van der Waals surface area contributed by atoms with Crippen LogP contribution in [0.5, 0.6) is 11.5 Å². The highest BCUT2D eigenvalue weighted by Crippen LogP contribution is 2.18. The van der Waals surface area contributed by atoms with Gasteiger partial charge in [-0.05, 0) is 55.3 Å². The van der Waals surface area contributed by atoms with E-state index in [0.29, 0.717) is 39.0 Å². The lowest BCUT2D eigenvalue weighted by molar-refractivity contribution is -0.121. The van der Waals surface area contributed by atoms with Gasteiger partial charge in [0.1, 0.15) is 23.9 Å². The first-order valence-corrected chi connectivity index (χ1v) is 11.7. The first kappa shape index (κ1) is 23.4. The molecule has 4 rings (SSSR count). The predicted molar refractivity (Wildman–Crippen MR) is 134 cm³/mol. The smallest absolute Gasteiger partial charge is 0.220 e. The molecule has 176 valence electrons. The molecule has 0 saturated carbocycles. The standard InChI is InChI=1S/C28H31N3O3/c1-21-10-13-23(14-11-21)34-19-18-31-26-9-4-3-8-25(26)30-27(31)16-17-29-28(32)15-12-22-6-5-7-24(20-22)33-2/h3-11,13-14,20H,12,15-19H2,1-2H3,(H,29,32). The van der Waals surface area contributed by atoms with Crippen LogP contribution in [0.3, 0.4) is 0 Å². The number of ether oxygens (including phenoxy) is 2. The molecule has 0 bridgehead atoms. The molecule has 1 heterocycles. The number of nitrogens with one attached hydrogen (secondary N) is 1. The van der Waals surface area contributed by atoms with Crippen molar-refractivity contribution >= 4 is 16.9 Å². The summed E-state index contributed by atoms with van der Waals surface area (Å²) in [6.07, 6.45) is 1.77. The minimum atomic E-state index is 0.0354. The molecular formula is C28H31N3O3. The van der Waals surface area contributed by atoms with Gasteiger partial charge in [-0.15, -0.1) is 0 Å². The maximum Gasteiger partial charge on any atom is 0.220 e. The Morgan fingerprint density at radius 1 is 0.971 bits per heavy atom. The molecule has 34 heavy (non-hydrogen) atoms. The third-order valence-corrected chi connectivity index (χ3v) is 5.78. The maximum atomic E-state index is 12.4. The van der Waals surface area contributed by atoms with E-state index < -0.39 is 0 Å². The number of carbonyl (C=O) groups is 1. The number of hydrogen-bond acceptors (Lipinski definition) is 4. The number of carbonyl (C=O) groups excluding carboxylic acids is 1. The normalized spacial score (nSPS) is 10.9. The Bertz CT molecular complexity index is 1230. The zero-order chi connectivity index (χ0) is 23.8. The molecule has 1 aromatic heterocycles. The number of amides is 1. The summed E-state index contributed by atoms with van der Waals surface area (Å²) in [6.45, 7) is 3.83. The highest BCUT2D eigenvalue weighted by atomic mass is 16.5. The van der Waals surface area contributed by atoms with E-state index in [1.807, 2.05) is 66.7 Å². The number of nitrogens with zero attached hydrogens (tertiary/aromatic N) is 2. The van der Waals surface area contributed by atoms with E-state index in [1.165, 1.54) is 5.56 Å². The van der Waals surface area contributed by atoms with E-state index in [-0.39, 0.29) is 5.91 Å². The largest absolute Gasteiger partial charge is 0.497 e. The lowest BCUT2D eigenvalue weighted by Crippen LogP contribution is -2.27. The summed E-state index contributed by atoms with van der Waals surface area (Å²) in [5.41, 5.74) is 4.33. The highest BCUT2D eigenvalue weighted by molar-refractivity contribution is 5.77. The van der Waals surface area contributed by atoms with Crippen molar-refractivity contribution in [1.29, 1.82) is 0 Å². The van der Waals surface area contributed by atoms with Crippen LogP contribution in [0, 0.1) is 6.92 Å². The van der Waals surface area contributed by atoms with E-state index in [0.717, 1.165) is 33.9 Å². The van der Waals surface area contributed by atoms with Crippen molar-refractivity contribution < 1.29 is 14.3 Å². The van der Waals surface area contributed by atoms with Gasteiger partial charge in [-0.25, -0.2) is 4.98 Å². The lowest BCUT2D eigenvalue weighted by atomic mass is 10.1.